The van der Waals surface area contributed by atoms with Gasteiger partial charge in [0.1, 0.15) is 0 Å². The second-order valence-electron chi connectivity index (χ2n) is 4.09. The molecule has 0 atom stereocenters. The molecule has 0 aromatic carbocycles. The first-order valence-electron chi connectivity index (χ1n) is 6.44. The molecule has 0 aromatic heterocycles. The van der Waals surface area contributed by atoms with E-state index in [1.807, 2.05) is 11.8 Å². The summed E-state index contributed by atoms with van der Waals surface area (Å²) in [5.41, 5.74) is 0. The van der Waals surface area contributed by atoms with E-state index in [4.69, 9.17) is 4.74 Å². The van der Waals surface area contributed by atoms with Gasteiger partial charge in [0, 0.05) is 31.9 Å². The number of carbonyl (C=O) groups excluding carboxylic acids is 2. The zero-order valence-corrected chi connectivity index (χ0v) is 11.7. The Morgan fingerprint density at radius 2 is 1.78 bits per heavy atom. The van der Waals surface area contributed by atoms with Crippen molar-refractivity contribution in [2.24, 2.45) is 0 Å². The van der Waals surface area contributed by atoms with Crippen LogP contribution in [-0.2, 0) is 14.3 Å². The molecule has 0 aromatic rings. The van der Waals surface area contributed by atoms with E-state index < -0.39 is 0 Å². The van der Waals surface area contributed by atoms with Crippen LogP contribution in [0.1, 0.15) is 26.2 Å². The summed E-state index contributed by atoms with van der Waals surface area (Å²) in [4.78, 5) is 23.8. The maximum absolute atomic E-state index is 11.2. The van der Waals surface area contributed by atoms with Crippen LogP contribution in [0.15, 0.2) is 12.2 Å². The highest BCUT2D eigenvalue weighted by Crippen LogP contribution is 2.08. The fourth-order valence-electron chi connectivity index (χ4n) is 1.59. The molecule has 2 amide bonds. The van der Waals surface area contributed by atoms with Gasteiger partial charge < -0.3 is 4.74 Å². The van der Waals surface area contributed by atoms with E-state index in [1.54, 1.807) is 0 Å². The highest BCUT2D eigenvalue weighted by atomic mass is 32.2. The van der Waals surface area contributed by atoms with Gasteiger partial charge in [-0.05, 0) is 30.8 Å². The van der Waals surface area contributed by atoms with E-state index >= 15 is 0 Å². The van der Waals surface area contributed by atoms with Crippen LogP contribution in [0, 0.1) is 0 Å². The molecule has 1 rings (SSSR count). The maximum Gasteiger partial charge on any atom is 0.253 e. The number of ether oxygens (including phenoxy) is 1. The van der Waals surface area contributed by atoms with Crippen LogP contribution in [-0.4, -0.2) is 48.0 Å². The predicted octanol–water partition coefficient (Wildman–Crippen LogP) is 1.85. The molecular formula is C13H21NO3S. The molecule has 0 N–H and O–H groups in total. The van der Waals surface area contributed by atoms with Gasteiger partial charge in [-0.1, -0.05) is 6.92 Å². The summed E-state index contributed by atoms with van der Waals surface area (Å²) in [6.45, 7) is 4.30. The number of thioether (sulfide) groups is 1. The monoisotopic (exact) mass is 271 g/mol. The van der Waals surface area contributed by atoms with Gasteiger partial charge in [0.25, 0.3) is 11.8 Å². The van der Waals surface area contributed by atoms with Gasteiger partial charge in [0.05, 0.1) is 0 Å². The Kier molecular flexibility index (Phi) is 7.76. The number of hydrogen-bond acceptors (Lipinski definition) is 4. The minimum Gasteiger partial charge on any atom is -0.381 e. The summed E-state index contributed by atoms with van der Waals surface area (Å²) in [5.74, 6) is 1.69. The van der Waals surface area contributed by atoms with Crippen LogP contribution < -0.4 is 0 Å². The summed E-state index contributed by atoms with van der Waals surface area (Å²) in [6, 6.07) is 0. The Labute approximate surface area is 113 Å². The summed E-state index contributed by atoms with van der Waals surface area (Å²) in [5, 5.41) is 0. The van der Waals surface area contributed by atoms with Crippen molar-refractivity contribution in [1.29, 1.82) is 0 Å². The molecule has 1 heterocycles. The molecular weight excluding hydrogens is 250 g/mol. The third-order valence-corrected chi connectivity index (χ3v) is 3.65. The fraction of sp³-hybridized carbons (Fsp3) is 0.692. The van der Waals surface area contributed by atoms with E-state index in [0.29, 0.717) is 6.54 Å². The van der Waals surface area contributed by atoms with Gasteiger partial charge in [-0.3, -0.25) is 14.5 Å². The van der Waals surface area contributed by atoms with Crippen LogP contribution in [0.3, 0.4) is 0 Å². The number of rotatable bonds is 10. The van der Waals surface area contributed by atoms with E-state index in [1.165, 1.54) is 17.1 Å². The summed E-state index contributed by atoms with van der Waals surface area (Å²) >= 11 is 1.85. The van der Waals surface area contributed by atoms with Gasteiger partial charge >= 0.3 is 0 Å². The van der Waals surface area contributed by atoms with Crippen LogP contribution in [0.25, 0.3) is 0 Å². The zero-order valence-electron chi connectivity index (χ0n) is 10.9. The van der Waals surface area contributed by atoms with E-state index in [2.05, 4.69) is 6.92 Å². The van der Waals surface area contributed by atoms with Crippen molar-refractivity contribution >= 4 is 23.6 Å². The van der Waals surface area contributed by atoms with Gasteiger partial charge in [0.15, 0.2) is 0 Å². The van der Waals surface area contributed by atoms with Gasteiger partial charge in [-0.2, -0.15) is 11.8 Å². The first kappa shape index (κ1) is 15.2. The lowest BCUT2D eigenvalue weighted by atomic mass is 10.4. The maximum atomic E-state index is 11.2. The van der Waals surface area contributed by atoms with Crippen molar-refractivity contribution < 1.29 is 14.3 Å². The van der Waals surface area contributed by atoms with Crippen molar-refractivity contribution in [2.45, 2.75) is 26.2 Å². The lowest BCUT2D eigenvalue weighted by Gasteiger charge is -2.12. The number of hydrogen-bond donors (Lipinski definition) is 0. The number of nitrogens with zero attached hydrogens (tertiary/aromatic N) is 1. The summed E-state index contributed by atoms with van der Waals surface area (Å²) in [7, 11) is 0. The number of amides is 2. The van der Waals surface area contributed by atoms with Crippen LogP contribution >= 0.6 is 11.8 Å². The molecule has 18 heavy (non-hydrogen) atoms. The minimum atomic E-state index is -0.182. The van der Waals surface area contributed by atoms with Crippen molar-refractivity contribution in [3.05, 3.63) is 12.2 Å². The standard InChI is InChI=1S/C13H21NO3S/c1-2-8-17-9-4-11-18-10-3-7-14-12(15)5-6-13(14)16/h5-6H,2-4,7-11H2,1H3. The molecule has 1 aliphatic heterocycles. The molecule has 0 radical (unpaired) electrons. The zero-order chi connectivity index (χ0) is 13.2. The highest BCUT2D eigenvalue weighted by molar-refractivity contribution is 7.99. The molecule has 0 aliphatic carbocycles. The smallest absolute Gasteiger partial charge is 0.253 e. The minimum absolute atomic E-state index is 0.182. The van der Waals surface area contributed by atoms with Crippen LogP contribution in [0.2, 0.25) is 0 Å². The SMILES string of the molecule is CCCOCCCSCCCN1C(=O)C=CC1=O. The number of carbonyl (C=O) groups is 2. The number of imide groups is 1. The van der Waals surface area contributed by atoms with Crippen molar-refractivity contribution in [3.63, 3.8) is 0 Å². The quantitative estimate of drug-likeness (QED) is 0.449. The molecule has 102 valence electrons. The molecule has 0 unspecified atom stereocenters. The normalized spacial score (nSPS) is 14.8. The first-order chi connectivity index (χ1) is 8.75. The Morgan fingerprint density at radius 1 is 1.11 bits per heavy atom. The molecule has 5 heteroatoms. The lowest BCUT2D eigenvalue weighted by molar-refractivity contribution is -0.136. The molecule has 1 aliphatic rings. The predicted molar refractivity (Wildman–Crippen MR) is 73.5 cm³/mol. The van der Waals surface area contributed by atoms with Gasteiger partial charge in [-0.15, -0.1) is 0 Å². The van der Waals surface area contributed by atoms with Crippen molar-refractivity contribution in [1.82, 2.24) is 4.90 Å². The summed E-state index contributed by atoms with van der Waals surface area (Å²) in [6.07, 6.45) is 5.66. The summed E-state index contributed by atoms with van der Waals surface area (Å²) < 4.78 is 5.38. The van der Waals surface area contributed by atoms with Crippen molar-refractivity contribution in [3.8, 4) is 0 Å². The fourth-order valence-corrected chi connectivity index (χ4v) is 2.45. The lowest BCUT2D eigenvalue weighted by Crippen LogP contribution is -2.31. The van der Waals surface area contributed by atoms with Gasteiger partial charge in [0.2, 0.25) is 0 Å². The second-order valence-corrected chi connectivity index (χ2v) is 5.32. The van der Waals surface area contributed by atoms with Crippen molar-refractivity contribution in [2.75, 3.05) is 31.3 Å². The molecule has 0 spiro atoms. The van der Waals surface area contributed by atoms with E-state index in [0.717, 1.165) is 44.0 Å². The van der Waals surface area contributed by atoms with Gasteiger partial charge in [-0.25, -0.2) is 0 Å². The Morgan fingerprint density at radius 3 is 2.44 bits per heavy atom. The highest BCUT2D eigenvalue weighted by Gasteiger charge is 2.21. The van der Waals surface area contributed by atoms with Crippen LogP contribution in [0.5, 0.6) is 0 Å². The largest absolute Gasteiger partial charge is 0.381 e. The first-order valence-corrected chi connectivity index (χ1v) is 7.60. The molecule has 0 fully saturated rings. The molecule has 4 nitrogen and oxygen atoms in total. The average molecular weight is 271 g/mol. The second kappa shape index (κ2) is 9.16. The topological polar surface area (TPSA) is 46.6 Å². The third kappa shape index (κ3) is 5.69. The average Bonchev–Trinajstić information content (AvgIpc) is 2.68. The third-order valence-electron chi connectivity index (χ3n) is 2.50. The Bertz CT molecular complexity index is 287. The van der Waals surface area contributed by atoms with E-state index in [9.17, 15) is 9.59 Å². The molecule has 0 saturated carbocycles. The molecule has 0 bridgehead atoms. The molecule has 0 saturated heterocycles. The Hall–Kier alpha value is -0.810. The van der Waals surface area contributed by atoms with E-state index in [-0.39, 0.29) is 11.8 Å². The Balaban J connectivity index is 1.90. The van der Waals surface area contributed by atoms with Crippen LogP contribution in [0.4, 0.5) is 0 Å².